The van der Waals surface area contributed by atoms with E-state index in [4.69, 9.17) is 15.2 Å². The van der Waals surface area contributed by atoms with Crippen LogP contribution in [0.25, 0.3) is 0 Å². The van der Waals surface area contributed by atoms with Crippen LogP contribution in [-0.2, 0) is 30.4 Å². The summed E-state index contributed by atoms with van der Waals surface area (Å²) in [4.78, 5) is 34.4. The maximum Gasteiger partial charge on any atom is 0.407 e. The summed E-state index contributed by atoms with van der Waals surface area (Å²) in [7, 11) is 1.35. The standard InChI is InChI=1S/C24H34N2O6/c1-17(20(14-15-21(25)27)26-23(29)32-24(2,3)4)31-16-19-12-10-18(11-13-19)8-6-7-9-22(28)30-5/h10-13,17,20H,7,9,14-16H2,1-5H3,(H2,25,27)(H,26,29)/t17-,20+/m1/s1. The van der Waals surface area contributed by atoms with E-state index in [-0.39, 0.29) is 24.9 Å². The van der Waals surface area contributed by atoms with Gasteiger partial charge in [0.15, 0.2) is 0 Å². The van der Waals surface area contributed by atoms with Crippen molar-refractivity contribution in [3.63, 3.8) is 0 Å². The molecule has 8 heteroatoms. The van der Waals surface area contributed by atoms with Gasteiger partial charge in [0.05, 0.1) is 32.3 Å². The summed E-state index contributed by atoms with van der Waals surface area (Å²) in [6, 6.07) is 7.11. The number of primary amides is 1. The van der Waals surface area contributed by atoms with E-state index in [2.05, 4.69) is 21.9 Å². The minimum atomic E-state index is -0.633. The summed E-state index contributed by atoms with van der Waals surface area (Å²) in [6.45, 7) is 7.47. The smallest absolute Gasteiger partial charge is 0.407 e. The third kappa shape index (κ3) is 12.0. The van der Waals surface area contributed by atoms with Gasteiger partial charge in [0.1, 0.15) is 5.60 Å². The van der Waals surface area contributed by atoms with E-state index in [1.807, 2.05) is 31.2 Å². The number of hydrogen-bond donors (Lipinski definition) is 2. The molecule has 0 unspecified atom stereocenters. The minimum absolute atomic E-state index is 0.123. The molecular weight excluding hydrogens is 412 g/mol. The molecule has 1 aromatic rings. The summed E-state index contributed by atoms with van der Waals surface area (Å²) >= 11 is 0. The SMILES string of the molecule is COC(=O)CCC#Cc1ccc(CO[C@H](C)[C@H](CCC(N)=O)NC(=O)OC(C)(C)C)cc1. The number of alkyl carbamates (subject to hydrolysis) is 1. The Hall–Kier alpha value is -3.05. The zero-order valence-electron chi connectivity index (χ0n) is 19.5. The molecule has 0 fully saturated rings. The van der Waals surface area contributed by atoms with Gasteiger partial charge in [0.2, 0.25) is 5.91 Å². The molecule has 0 saturated heterocycles. The molecule has 0 saturated carbocycles. The Morgan fingerprint density at radius 3 is 2.34 bits per heavy atom. The summed E-state index contributed by atoms with van der Waals surface area (Å²) in [5.74, 6) is 5.21. The van der Waals surface area contributed by atoms with Gasteiger partial charge >= 0.3 is 12.1 Å². The Balaban J connectivity index is 2.63. The van der Waals surface area contributed by atoms with Crippen LogP contribution in [0.4, 0.5) is 4.79 Å². The molecule has 2 atom stereocenters. The lowest BCUT2D eigenvalue weighted by molar-refractivity contribution is -0.140. The molecular formula is C24H34N2O6. The van der Waals surface area contributed by atoms with Crippen LogP contribution in [0, 0.1) is 11.8 Å². The highest BCUT2D eigenvalue weighted by molar-refractivity contribution is 5.74. The molecule has 1 rings (SSSR count). The van der Waals surface area contributed by atoms with E-state index < -0.39 is 23.6 Å². The van der Waals surface area contributed by atoms with Gasteiger partial charge in [-0.3, -0.25) is 9.59 Å². The molecule has 3 N–H and O–H groups in total. The van der Waals surface area contributed by atoms with Crippen LogP contribution in [0.2, 0.25) is 0 Å². The van der Waals surface area contributed by atoms with Gasteiger partial charge < -0.3 is 25.3 Å². The van der Waals surface area contributed by atoms with Crippen LogP contribution in [-0.4, -0.2) is 42.8 Å². The number of nitrogens with two attached hydrogens (primary N) is 1. The third-order valence-corrected chi connectivity index (χ3v) is 4.35. The lowest BCUT2D eigenvalue weighted by Gasteiger charge is -2.27. The van der Waals surface area contributed by atoms with Crippen molar-refractivity contribution in [3.05, 3.63) is 35.4 Å². The number of rotatable bonds is 10. The third-order valence-electron chi connectivity index (χ3n) is 4.35. The first-order chi connectivity index (χ1) is 15.0. The minimum Gasteiger partial charge on any atom is -0.469 e. The van der Waals surface area contributed by atoms with Crippen molar-refractivity contribution in [1.82, 2.24) is 5.32 Å². The largest absolute Gasteiger partial charge is 0.469 e. The van der Waals surface area contributed by atoms with Crippen molar-refractivity contribution in [2.75, 3.05) is 7.11 Å². The summed E-state index contributed by atoms with van der Waals surface area (Å²) in [6.07, 6.45) is 0.221. The van der Waals surface area contributed by atoms with Gasteiger partial charge in [0.25, 0.3) is 0 Å². The van der Waals surface area contributed by atoms with E-state index in [0.29, 0.717) is 19.4 Å². The average molecular weight is 447 g/mol. The van der Waals surface area contributed by atoms with Crippen LogP contribution in [0.1, 0.15) is 64.5 Å². The Morgan fingerprint density at radius 2 is 1.78 bits per heavy atom. The molecule has 0 aliphatic rings. The molecule has 0 radical (unpaired) electrons. The normalized spacial score (nSPS) is 12.7. The highest BCUT2D eigenvalue weighted by atomic mass is 16.6. The van der Waals surface area contributed by atoms with Gasteiger partial charge in [0, 0.05) is 18.4 Å². The van der Waals surface area contributed by atoms with Crippen molar-refractivity contribution in [1.29, 1.82) is 0 Å². The van der Waals surface area contributed by atoms with Crippen LogP contribution in [0.15, 0.2) is 24.3 Å². The maximum absolute atomic E-state index is 12.1. The molecule has 32 heavy (non-hydrogen) atoms. The fourth-order valence-corrected chi connectivity index (χ4v) is 2.64. The van der Waals surface area contributed by atoms with Crippen molar-refractivity contribution in [3.8, 4) is 11.8 Å². The van der Waals surface area contributed by atoms with Crippen LogP contribution >= 0.6 is 0 Å². The number of carbonyl (C=O) groups excluding carboxylic acids is 3. The Bertz CT molecular complexity index is 818. The predicted octanol–water partition coefficient (Wildman–Crippen LogP) is 3.06. The highest BCUT2D eigenvalue weighted by Crippen LogP contribution is 2.13. The van der Waals surface area contributed by atoms with Crippen molar-refractivity contribution < 1.29 is 28.6 Å². The van der Waals surface area contributed by atoms with E-state index in [1.54, 1.807) is 20.8 Å². The van der Waals surface area contributed by atoms with Gasteiger partial charge in [-0.25, -0.2) is 4.79 Å². The number of nitrogens with one attached hydrogen (secondary N) is 1. The molecule has 2 amide bonds. The second-order valence-electron chi connectivity index (χ2n) is 8.35. The number of amides is 2. The summed E-state index contributed by atoms with van der Waals surface area (Å²) in [5.41, 5.74) is 6.39. The number of esters is 1. The number of hydrogen-bond acceptors (Lipinski definition) is 6. The van der Waals surface area contributed by atoms with E-state index in [9.17, 15) is 14.4 Å². The van der Waals surface area contributed by atoms with Crippen LogP contribution < -0.4 is 11.1 Å². The second kappa shape index (κ2) is 13.4. The average Bonchev–Trinajstić information content (AvgIpc) is 2.71. The van der Waals surface area contributed by atoms with Crippen LogP contribution in [0.5, 0.6) is 0 Å². The number of benzene rings is 1. The molecule has 0 aromatic heterocycles. The van der Waals surface area contributed by atoms with Gasteiger partial charge in [-0.05, 0) is 51.8 Å². The summed E-state index contributed by atoms with van der Waals surface area (Å²) in [5, 5.41) is 2.77. The van der Waals surface area contributed by atoms with E-state index >= 15 is 0 Å². The topological polar surface area (TPSA) is 117 Å². The molecule has 0 aliphatic carbocycles. The lowest BCUT2D eigenvalue weighted by Crippen LogP contribution is -2.45. The van der Waals surface area contributed by atoms with Gasteiger partial charge in [-0.1, -0.05) is 24.0 Å². The zero-order valence-corrected chi connectivity index (χ0v) is 19.5. The van der Waals surface area contributed by atoms with Crippen molar-refractivity contribution >= 4 is 18.0 Å². The quantitative estimate of drug-likeness (QED) is 0.421. The molecule has 0 heterocycles. The van der Waals surface area contributed by atoms with Crippen LogP contribution in [0.3, 0.4) is 0 Å². The number of methoxy groups -OCH3 is 1. The van der Waals surface area contributed by atoms with Gasteiger partial charge in [-0.15, -0.1) is 0 Å². The first kappa shape index (κ1) is 27.0. The van der Waals surface area contributed by atoms with Gasteiger partial charge in [-0.2, -0.15) is 0 Å². The predicted molar refractivity (Wildman–Crippen MR) is 120 cm³/mol. The zero-order chi connectivity index (χ0) is 24.1. The molecule has 176 valence electrons. The Labute approximate surface area is 190 Å². The molecule has 0 bridgehead atoms. The number of ether oxygens (including phenoxy) is 3. The Kier molecular flexibility index (Phi) is 11.3. The maximum atomic E-state index is 12.1. The first-order valence-electron chi connectivity index (χ1n) is 10.5. The molecule has 1 aromatic carbocycles. The van der Waals surface area contributed by atoms with E-state index in [0.717, 1.165) is 11.1 Å². The second-order valence-corrected chi connectivity index (χ2v) is 8.35. The number of carbonyl (C=O) groups is 3. The fourth-order valence-electron chi connectivity index (χ4n) is 2.64. The molecule has 8 nitrogen and oxygen atoms in total. The van der Waals surface area contributed by atoms with Crippen molar-refractivity contribution in [2.24, 2.45) is 5.73 Å². The summed E-state index contributed by atoms with van der Waals surface area (Å²) < 4.78 is 15.8. The molecule has 0 spiro atoms. The highest BCUT2D eigenvalue weighted by Gasteiger charge is 2.24. The van der Waals surface area contributed by atoms with Crippen molar-refractivity contribution in [2.45, 2.75) is 77.7 Å². The lowest BCUT2D eigenvalue weighted by atomic mass is 10.1. The molecule has 0 aliphatic heterocycles. The Morgan fingerprint density at radius 1 is 1.12 bits per heavy atom. The fraction of sp³-hybridized carbons (Fsp3) is 0.542. The monoisotopic (exact) mass is 446 g/mol. The van der Waals surface area contributed by atoms with E-state index in [1.165, 1.54) is 7.11 Å². The first-order valence-corrected chi connectivity index (χ1v) is 10.5.